The summed E-state index contributed by atoms with van der Waals surface area (Å²) in [5, 5.41) is 23.5. The number of unbranched alkanes of at least 4 members (excludes halogenated alkanes) is 5. The fourth-order valence-electron chi connectivity index (χ4n) is 3.22. The summed E-state index contributed by atoms with van der Waals surface area (Å²) in [6.45, 7) is 6.46. The fourth-order valence-corrected chi connectivity index (χ4v) is 3.22. The molecule has 0 amide bonds. The van der Waals surface area contributed by atoms with E-state index in [-0.39, 0.29) is 6.10 Å². The Morgan fingerprint density at radius 3 is 2.35 bits per heavy atom. The summed E-state index contributed by atoms with van der Waals surface area (Å²) in [6.07, 6.45) is 10.8. The molecule has 136 valence electrons. The van der Waals surface area contributed by atoms with Gasteiger partial charge in [0.25, 0.3) is 0 Å². The Balaban J connectivity index is 2.07. The molecule has 5 nitrogen and oxygen atoms in total. The SMILES string of the molecule is CCCCCC(O)CCN1CCCN1CCCCCCC(=O)O. The number of hydrogen-bond acceptors (Lipinski definition) is 4. The number of carboxylic acid groups (broad SMARTS) is 1. The average molecular weight is 328 g/mol. The van der Waals surface area contributed by atoms with Crippen LogP contribution in [0.1, 0.15) is 77.6 Å². The van der Waals surface area contributed by atoms with Crippen molar-refractivity contribution in [2.24, 2.45) is 0 Å². The van der Waals surface area contributed by atoms with Gasteiger partial charge in [0.05, 0.1) is 6.10 Å². The van der Waals surface area contributed by atoms with Gasteiger partial charge in [-0.25, -0.2) is 10.0 Å². The molecule has 0 saturated carbocycles. The molecule has 23 heavy (non-hydrogen) atoms. The monoisotopic (exact) mass is 328 g/mol. The summed E-state index contributed by atoms with van der Waals surface area (Å²) >= 11 is 0. The second-order valence-electron chi connectivity index (χ2n) is 6.76. The number of carboxylic acids is 1. The van der Waals surface area contributed by atoms with Crippen molar-refractivity contribution in [3.8, 4) is 0 Å². The lowest BCUT2D eigenvalue weighted by Crippen LogP contribution is -2.38. The van der Waals surface area contributed by atoms with Crippen LogP contribution >= 0.6 is 0 Å². The van der Waals surface area contributed by atoms with Crippen molar-refractivity contribution >= 4 is 5.97 Å². The predicted octanol–water partition coefficient (Wildman–Crippen LogP) is 3.28. The number of carbonyl (C=O) groups is 1. The van der Waals surface area contributed by atoms with Crippen molar-refractivity contribution in [2.45, 2.75) is 83.7 Å². The molecule has 0 bridgehead atoms. The minimum Gasteiger partial charge on any atom is -0.481 e. The highest BCUT2D eigenvalue weighted by Crippen LogP contribution is 2.15. The highest BCUT2D eigenvalue weighted by molar-refractivity contribution is 5.66. The first kappa shape index (κ1) is 20.4. The number of nitrogens with zero attached hydrogens (tertiary/aromatic N) is 2. The van der Waals surface area contributed by atoms with Gasteiger partial charge in [0.1, 0.15) is 0 Å². The van der Waals surface area contributed by atoms with Crippen LogP contribution in [0.3, 0.4) is 0 Å². The standard InChI is InChI=1S/C18H36N2O3/c1-2-3-6-10-17(21)12-16-20-15-9-14-19(20)13-8-5-4-7-11-18(22)23/h17,21H,2-16H2,1H3,(H,22,23). The Hall–Kier alpha value is -0.650. The molecule has 1 aliphatic rings. The molecule has 1 saturated heterocycles. The van der Waals surface area contributed by atoms with Gasteiger partial charge in [0.15, 0.2) is 0 Å². The molecule has 0 aromatic heterocycles. The summed E-state index contributed by atoms with van der Waals surface area (Å²) in [7, 11) is 0. The first-order valence-electron chi connectivity index (χ1n) is 9.53. The van der Waals surface area contributed by atoms with Crippen LogP contribution < -0.4 is 0 Å². The maximum Gasteiger partial charge on any atom is 0.303 e. The zero-order chi connectivity index (χ0) is 16.9. The molecular weight excluding hydrogens is 292 g/mol. The minimum absolute atomic E-state index is 0.153. The Morgan fingerprint density at radius 1 is 0.957 bits per heavy atom. The second-order valence-corrected chi connectivity index (χ2v) is 6.76. The van der Waals surface area contributed by atoms with E-state index in [9.17, 15) is 9.90 Å². The molecule has 0 radical (unpaired) electrons. The van der Waals surface area contributed by atoms with E-state index in [1.807, 2.05) is 0 Å². The van der Waals surface area contributed by atoms with E-state index < -0.39 is 5.97 Å². The largest absolute Gasteiger partial charge is 0.481 e. The molecule has 1 aliphatic heterocycles. The van der Waals surface area contributed by atoms with Crippen LogP contribution in [0.2, 0.25) is 0 Å². The van der Waals surface area contributed by atoms with E-state index in [0.29, 0.717) is 6.42 Å². The van der Waals surface area contributed by atoms with Gasteiger partial charge in [-0.1, -0.05) is 39.0 Å². The van der Waals surface area contributed by atoms with E-state index in [1.165, 1.54) is 19.3 Å². The first-order chi connectivity index (χ1) is 11.1. The number of hydrogen-bond donors (Lipinski definition) is 2. The minimum atomic E-state index is -0.687. The normalized spacial score (nSPS) is 17.7. The van der Waals surface area contributed by atoms with E-state index in [0.717, 1.165) is 71.1 Å². The lowest BCUT2D eigenvalue weighted by molar-refractivity contribution is -0.137. The van der Waals surface area contributed by atoms with E-state index in [1.54, 1.807) is 0 Å². The van der Waals surface area contributed by atoms with Crippen LogP contribution in [-0.2, 0) is 4.79 Å². The maximum atomic E-state index is 10.5. The van der Waals surface area contributed by atoms with Gasteiger partial charge in [-0.2, -0.15) is 0 Å². The lowest BCUT2D eigenvalue weighted by atomic mass is 10.1. The van der Waals surface area contributed by atoms with Crippen molar-refractivity contribution in [2.75, 3.05) is 26.2 Å². The van der Waals surface area contributed by atoms with Gasteiger partial charge in [0.2, 0.25) is 0 Å². The zero-order valence-corrected chi connectivity index (χ0v) is 14.9. The highest BCUT2D eigenvalue weighted by Gasteiger charge is 2.21. The summed E-state index contributed by atoms with van der Waals surface area (Å²) < 4.78 is 0. The van der Waals surface area contributed by atoms with Crippen molar-refractivity contribution in [3.63, 3.8) is 0 Å². The van der Waals surface area contributed by atoms with Gasteiger partial charge in [-0.3, -0.25) is 4.79 Å². The Labute approximate surface area is 141 Å². The van der Waals surface area contributed by atoms with Gasteiger partial charge < -0.3 is 10.2 Å². The van der Waals surface area contributed by atoms with Crippen molar-refractivity contribution in [3.05, 3.63) is 0 Å². The Morgan fingerprint density at radius 2 is 1.65 bits per heavy atom. The van der Waals surface area contributed by atoms with Gasteiger partial charge in [-0.05, 0) is 32.1 Å². The topological polar surface area (TPSA) is 64.0 Å². The summed E-state index contributed by atoms with van der Waals surface area (Å²) in [4.78, 5) is 10.5. The number of aliphatic hydroxyl groups excluding tert-OH is 1. The van der Waals surface area contributed by atoms with E-state index in [2.05, 4.69) is 16.9 Å². The van der Waals surface area contributed by atoms with E-state index >= 15 is 0 Å². The third-order valence-corrected chi connectivity index (χ3v) is 4.65. The van der Waals surface area contributed by atoms with Gasteiger partial charge >= 0.3 is 5.97 Å². The first-order valence-corrected chi connectivity index (χ1v) is 9.53. The molecule has 0 aromatic carbocycles. The van der Waals surface area contributed by atoms with Crippen LogP contribution in [0, 0.1) is 0 Å². The second kappa shape index (κ2) is 12.7. The molecule has 1 rings (SSSR count). The zero-order valence-electron chi connectivity index (χ0n) is 14.9. The van der Waals surface area contributed by atoms with Crippen molar-refractivity contribution in [1.29, 1.82) is 0 Å². The van der Waals surface area contributed by atoms with Crippen LogP contribution in [0.4, 0.5) is 0 Å². The summed E-state index contributed by atoms with van der Waals surface area (Å²) in [5.41, 5.74) is 0. The highest BCUT2D eigenvalue weighted by atomic mass is 16.4. The molecule has 1 fully saturated rings. The molecular formula is C18H36N2O3. The molecule has 0 aliphatic carbocycles. The smallest absolute Gasteiger partial charge is 0.303 e. The van der Waals surface area contributed by atoms with Crippen molar-refractivity contribution < 1.29 is 15.0 Å². The van der Waals surface area contributed by atoms with Crippen LogP contribution in [0.25, 0.3) is 0 Å². The number of aliphatic carboxylic acids is 1. The Kier molecular flexibility index (Phi) is 11.3. The average Bonchev–Trinajstić information content (AvgIpc) is 2.96. The quantitative estimate of drug-likeness (QED) is 0.479. The predicted molar refractivity (Wildman–Crippen MR) is 93.2 cm³/mol. The molecule has 2 N–H and O–H groups in total. The number of hydrazine groups is 1. The number of aliphatic hydroxyl groups is 1. The van der Waals surface area contributed by atoms with Crippen LogP contribution in [-0.4, -0.2) is 58.5 Å². The molecule has 0 spiro atoms. The number of rotatable bonds is 14. The third-order valence-electron chi connectivity index (χ3n) is 4.65. The van der Waals surface area contributed by atoms with Gasteiger partial charge in [-0.15, -0.1) is 0 Å². The maximum absolute atomic E-state index is 10.5. The van der Waals surface area contributed by atoms with Gasteiger partial charge in [0, 0.05) is 32.6 Å². The van der Waals surface area contributed by atoms with E-state index in [4.69, 9.17) is 5.11 Å². The fraction of sp³-hybridized carbons (Fsp3) is 0.944. The third kappa shape index (κ3) is 9.95. The molecule has 1 atom stereocenters. The summed E-state index contributed by atoms with van der Waals surface area (Å²) in [6, 6.07) is 0. The molecule has 1 heterocycles. The van der Waals surface area contributed by atoms with Crippen LogP contribution in [0.15, 0.2) is 0 Å². The summed E-state index contributed by atoms with van der Waals surface area (Å²) in [5.74, 6) is -0.687. The molecule has 5 heteroatoms. The molecule has 1 unspecified atom stereocenters. The Bertz CT molecular complexity index is 313. The van der Waals surface area contributed by atoms with Crippen molar-refractivity contribution in [1.82, 2.24) is 10.0 Å². The van der Waals surface area contributed by atoms with Crippen LogP contribution in [0.5, 0.6) is 0 Å². The molecule has 0 aromatic rings. The lowest BCUT2D eigenvalue weighted by Gasteiger charge is -2.28.